The normalized spacial score (nSPS) is 11.3. The standard InChI is InChI=1S/C14H14O6S/c1-9-6-11(20-13(9)14(15)16)8-19-10-4-3-5-12(7-10)21(2,17)18/h3-7H,8H2,1-2H3,(H,15,16). The number of rotatable bonds is 5. The molecule has 2 aromatic rings. The van der Waals surface area contributed by atoms with E-state index < -0.39 is 15.8 Å². The van der Waals surface area contributed by atoms with E-state index in [2.05, 4.69) is 0 Å². The Labute approximate surface area is 121 Å². The molecule has 0 aliphatic rings. The number of carboxylic acid groups (broad SMARTS) is 1. The largest absolute Gasteiger partial charge is 0.486 e. The SMILES string of the molecule is Cc1cc(COc2cccc(S(C)(=O)=O)c2)oc1C(=O)O. The number of hydrogen-bond acceptors (Lipinski definition) is 5. The van der Waals surface area contributed by atoms with Crippen molar-refractivity contribution in [3.63, 3.8) is 0 Å². The number of furan rings is 1. The summed E-state index contributed by atoms with van der Waals surface area (Å²) in [7, 11) is -3.30. The molecule has 2 rings (SSSR count). The van der Waals surface area contributed by atoms with Crippen LogP contribution in [0.15, 0.2) is 39.6 Å². The summed E-state index contributed by atoms with van der Waals surface area (Å²) in [5, 5.41) is 8.89. The number of benzene rings is 1. The van der Waals surface area contributed by atoms with E-state index in [1.165, 1.54) is 12.1 Å². The average molecular weight is 310 g/mol. The van der Waals surface area contributed by atoms with Crippen LogP contribution >= 0.6 is 0 Å². The van der Waals surface area contributed by atoms with Crippen LogP contribution in [-0.4, -0.2) is 25.7 Å². The molecule has 1 N–H and O–H groups in total. The van der Waals surface area contributed by atoms with Crippen molar-refractivity contribution in [1.29, 1.82) is 0 Å². The van der Waals surface area contributed by atoms with Crippen molar-refractivity contribution >= 4 is 15.8 Å². The van der Waals surface area contributed by atoms with Crippen LogP contribution in [-0.2, 0) is 16.4 Å². The lowest BCUT2D eigenvalue weighted by atomic mass is 10.3. The first kappa shape index (κ1) is 15.1. The fourth-order valence-electron chi connectivity index (χ4n) is 1.78. The molecule has 0 saturated carbocycles. The van der Waals surface area contributed by atoms with E-state index in [9.17, 15) is 13.2 Å². The van der Waals surface area contributed by atoms with Crippen LogP contribution < -0.4 is 4.74 Å². The summed E-state index contributed by atoms with van der Waals surface area (Å²) in [5.41, 5.74) is 0.506. The lowest BCUT2D eigenvalue weighted by Crippen LogP contribution is -1.99. The first-order valence-corrected chi connectivity index (χ1v) is 7.92. The lowest BCUT2D eigenvalue weighted by molar-refractivity contribution is 0.0657. The van der Waals surface area contributed by atoms with Crippen LogP contribution in [0.1, 0.15) is 21.9 Å². The molecule has 6 nitrogen and oxygen atoms in total. The highest BCUT2D eigenvalue weighted by atomic mass is 32.2. The van der Waals surface area contributed by atoms with E-state index >= 15 is 0 Å². The summed E-state index contributed by atoms with van der Waals surface area (Å²) in [5.74, 6) is -0.546. The van der Waals surface area contributed by atoms with Gasteiger partial charge in [0.05, 0.1) is 4.90 Å². The van der Waals surface area contributed by atoms with Gasteiger partial charge in [-0.2, -0.15) is 0 Å². The molecule has 7 heteroatoms. The molecular weight excluding hydrogens is 296 g/mol. The Morgan fingerprint density at radius 1 is 1.33 bits per heavy atom. The quantitative estimate of drug-likeness (QED) is 0.910. The van der Waals surface area contributed by atoms with Gasteiger partial charge in [0.25, 0.3) is 0 Å². The molecule has 1 aromatic heterocycles. The number of carboxylic acids is 1. The Hall–Kier alpha value is -2.28. The second-order valence-corrected chi connectivity index (χ2v) is 6.58. The van der Waals surface area contributed by atoms with Crippen LogP contribution in [0.3, 0.4) is 0 Å². The number of aromatic carboxylic acids is 1. The third kappa shape index (κ3) is 3.63. The summed E-state index contributed by atoms with van der Waals surface area (Å²) in [6, 6.07) is 7.64. The predicted molar refractivity (Wildman–Crippen MR) is 74.3 cm³/mol. The number of aryl methyl sites for hydroxylation is 1. The van der Waals surface area contributed by atoms with Gasteiger partial charge in [-0.1, -0.05) is 6.07 Å². The Bertz CT molecular complexity index is 773. The maximum absolute atomic E-state index is 11.4. The zero-order chi connectivity index (χ0) is 15.6. The third-order valence-electron chi connectivity index (χ3n) is 2.78. The maximum Gasteiger partial charge on any atom is 0.372 e. The van der Waals surface area contributed by atoms with Crippen molar-refractivity contribution in [2.45, 2.75) is 18.4 Å². The van der Waals surface area contributed by atoms with Gasteiger partial charge in [0.1, 0.15) is 18.1 Å². The molecule has 0 unspecified atom stereocenters. The average Bonchev–Trinajstić information content (AvgIpc) is 2.77. The second kappa shape index (κ2) is 5.61. The molecule has 0 aliphatic heterocycles. The fourth-order valence-corrected chi connectivity index (χ4v) is 2.44. The molecule has 0 fully saturated rings. The first-order valence-electron chi connectivity index (χ1n) is 6.03. The number of sulfone groups is 1. The molecule has 0 bridgehead atoms. The maximum atomic E-state index is 11.4. The van der Waals surface area contributed by atoms with Crippen LogP contribution in [0.4, 0.5) is 0 Å². The summed E-state index contributed by atoms with van der Waals surface area (Å²) in [6.07, 6.45) is 1.11. The Morgan fingerprint density at radius 3 is 2.62 bits per heavy atom. The summed E-state index contributed by atoms with van der Waals surface area (Å²) in [6.45, 7) is 1.64. The van der Waals surface area contributed by atoms with Gasteiger partial charge < -0.3 is 14.3 Å². The summed E-state index contributed by atoms with van der Waals surface area (Å²) >= 11 is 0. The van der Waals surface area contributed by atoms with Crippen molar-refractivity contribution in [2.75, 3.05) is 6.26 Å². The van der Waals surface area contributed by atoms with Gasteiger partial charge in [0, 0.05) is 11.8 Å². The van der Waals surface area contributed by atoms with E-state index in [1.54, 1.807) is 25.1 Å². The fraction of sp³-hybridized carbons (Fsp3) is 0.214. The molecule has 21 heavy (non-hydrogen) atoms. The highest BCUT2D eigenvalue weighted by molar-refractivity contribution is 7.90. The van der Waals surface area contributed by atoms with Gasteiger partial charge >= 0.3 is 5.97 Å². The van der Waals surface area contributed by atoms with Crippen molar-refractivity contribution in [1.82, 2.24) is 0 Å². The van der Waals surface area contributed by atoms with E-state index in [4.69, 9.17) is 14.3 Å². The molecule has 0 saturated heterocycles. The molecule has 112 valence electrons. The molecule has 0 spiro atoms. The highest BCUT2D eigenvalue weighted by Crippen LogP contribution is 2.20. The van der Waals surface area contributed by atoms with E-state index in [0.29, 0.717) is 17.1 Å². The molecule has 0 amide bonds. The monoisotopic (exact) mass is 310 g/mol. The molecule has 1 heterocycles. The Morgan fingerprint density at radius 2 is 2.05 bits per heavy atom. The summed E-state index contributed by atoms with van der Waals surface area (Å²) in [4.78, 5) is 11.0. The minimum atomic E-state index is -3.30. The minimum Gasteiger partial charge on any atom is -0.486 e. The van der Waals surface area contributed by atoms with E-state index in [0.717, 1.165) is 6.26 Å². The van der Waals surface area contributed by atoms with Crippen molar-refractivity contribution in [3.05, 3.63) is 47.4 Å². The Kier molecular flexibility index (Phi) is 4.04. The molecule has 0 atom stereocenters. The highest BCUT2D eigenvalue weighted by Gasteiger charge is 2.15. The Balaban J connectivity index is 2.13. The third-order valence-corrected chi connectivity index (χ3v) is 3.89. The molecular formula is C14H14O6S. The topological polar surface area (TPSA) is 93.8 Å². The lowest BCUT2D eigenvalue weighted by Gasteiger charge is -2.05. The van der Waals surface area contributed by atoms with Crippen molar-refractivity contribution < 1.29 is 27.5 Å². The van der Waals surface area contributed by atoms with Crippen LogP contribution in [0.2, 0.25) is 0 Å². The number of carbonyl (C=O) groups is 1. The second-order valence-electron chi connectivity index (χ2n) is 4.57. The minimum absolute atomic E-state index is 0.0152. The smallest absolute Gasteiger partial charge is 0.372 e. The van der Waals surface area contributed by atoms with Gasteiger partial charge in [-0.25, -0.2) is 13.2 Å². The number of ether oxygens (including phenoxy) is 1. The molecule has 1 aromatic carbocycles. The van der Waals surface area contributed by atoms with E-state index in [-0.39, 0.29) is 17.3 Å². The zero-order valence-corrected chi connectivity index (χ0v) is 12.3. The predicted octanol–water partition coefficient (Wildman–Crippen LogP) is 2.27. The summed E-state index contributed by atoms with van der Waals surface area (Å²) < 4.78 is 33.5. The van der Waals surface area contributed by atoms with Gasteiger partial charge in [0.2, 0.25) is 5.76 Å². The van der Waals surface area contributed by atoms with Crippen LogP contribution in [0.5, 0.6) is 5.75 Å². The van der Waals surface area contributed by atoms with Gasteiger partial charge in [0.15, 0.2) is 9.84 Å². The number of hydrogen-bond donors (Lipinski definition) is 1. The van der Waals surface area contributed by atoms with Crippen molar-refractivity contribution in [2.24, 2.45) is 0 Å². The first-order chi connectivity index (χ1) is 9.77. The van der Waals surface area contributed by atoms with Crippen molar-refractivity contribution in [3.8, 4) is 5.75 Å². The van der Waals surface area contributed by atoms with Crippen LogP contribution in [0, 0.1) is 6.92 Å². The van der Waals surface area contributed by atoms with Crippen LogP contribution in [0.25, 0.3) is 0 Å². The molecule has 0 radical (unpaired) electrons. The van der Waals surface area contributed by atoms with Gasteiger partial charge in [-0.05, 0) is 31.2 Å². The molecule has 0 aliphatic carbocycles. The van der Waals surface area contributed by atoms with Gasteiger partial charge in [-0.15, -0.1) is 0 Å². The van der Waals surface area contributed by atoms with E-state index in [1.807, 2.05) is 0 Å². The zero-order valence-electron chi connectivity index (χ0n) is 11.5. The van der Waals surface area contributed by atoms with Gasteiger partial charge in [-0.3, -0.25) is 0 Å².